The molecule has 0 aromatic rings. The Hall–Kier alpha value is -0.160. The Morgan fingerprint density at radius 1 is 1.37 bits per heavy atom. The van der Waals surface area contributed by atoms with Gasteiger partial charge in [0, 0.05) is 9.31 Å². The molecule has 1 saturated heterocycles. The summed E-state index contributed by atoms with van der Waals surface area (Å²) in [5.74, 6) is -1.32. The number of carbonyl (C=O) groups excluding carboxylic acids is 2. The molecule has 0 aromatic carbocycles. The van der Waals surface area contributed by atoms with Crippen molar-refractivity contribution in [3.05, 3.63) is 10.1 Å². The van der Waals surface area contributed by atoms with Crippen molar-refractivity contribution in [2.75, 3.05) is 0 Å². The minimum Gasteiger partial charge on any atom is -0.393 e. The molecule has 1 rings (SSSR count). The zero-order valence-electron chi connectivity index (χ0n) is 11.4. The van der Waals surface area contributed by atoms with Gasteiger partial charge in [-0.1, -0.05) is 65.0 Å². The number of hydrogen-bond donors (Lipinski definition) is 0. The standard InChI is InChI=1S/C14H20Br2O3/c1-3-5-6-7-11(15)9(4-2)13(16)10-8-12(17)19-14(10)18/h10-11H,3-8H2,1-2H3. The highest BCUT2D eigenvalue weighted by molar-refractivity contribution is 9.12. The van der Waals surface area contributed by atoms with Crippen LogP contribution in [0.1, 0.15) is 52.4 Å². The first kappa shape index (κ1) is 16.9. The van der Waals surface area contributed by atoms with E-state index in [9.17, 15) is 9.59 Å². The molecule has 0 radical (unpaired) electrons. The van der Waals surface area contributed by atoms with Gasteiger partial charge in [0.05, 0.1) is 12.3 Å². The van der Waals surface area contributed by atoms with Crippen LogP contribution in [-0.2, 0) is 14.3 Å². The molecule has 1 aliphatic rings. The second-order valence-corrected chi connectivity index (χ2v) is 6.70. The number of allylic oxidation sites excluding steroid dienone is 1. The molecule has 2 atom stereocenters. The van der Waals surface area contributed by atoms with Crippen molar-refractivity contribution >= 4 is 43.8 Å². The van der Waals surface area contributed by atoms with Gasteiger partial charge in [-0.05, 0) is 18.4 Å². The number of carbonyl (C=O) groups is 2. The van der Waals surface area contributed by atoms with E-state index in [1.807, 2.05) is 0 Å². The molecule has 0 spiro atoms. The lowest BCUT2D eigenvalue weighted by Crippen LogP contribution is -2.13. The van der Waals surface area contributed by atoms with E-state index >= 15 is 0 Å². The topological polar surface area (TPSA) is 43.4 Å². The largest absolute Gasteiger partial charge is 0.393 e. The maximum absolute atomic E-state index is 11.6. The minimum atomic E-state index is -0.450. The van der Waals surface area contributed by atoms with Gasteiger partial charge in [0.1, 0.15) is 0 Å². The van der Waals surface area contributed by atoms with Gasteiger partial charge in [-0.3, -0.25) is 9.59 Å². The maximum Gasteiger partial charge on any atom is 0.322 e. The van der Waals surface area contributed by atoms with Crippen LogP contribution in [0.5, 0.6) is 0 Å². The van der Waals surface area contributed by atoms with Crippen LogP contribution in [0.4, 0.5) is 0 Å². The summed E-state index contributed by atoms with van der Waals surface area (Å²) < 4.78 is 5.43. The van der Waals surface area contributed by atoms with Crippen molar-refractivity contribution in [3.63, 3.8) is 0 Å². The van der Waals surface area contributed by atoms with Gasteiger partial charge in [-0.25, -0.2) is 0 Å². The highest BCUT2D eigenvalue weighted by Crippen LogP contribution is 2.36. The van der Waals surface area contributed by atoms with Crippen molar-refractivity contribution in [1.82, 2.24) is 0 Å². The Kier molecular flexibility index (Phi) is 7.29. The molecule has 0 aliphatic carbocycles. The minimum absolute atomic E-state index is 0.150. The highest BCUT2D eigenvalue weighted by atomic mass is 79.9. The predicted molar refractivity (Wildman–Crippen MR) is 82.3 cm³/mol. The molecule has 19 heavy (non-hydrogen) atoms. The van der Waals surface area contributed by atoms with E-state index in [1.54, 1.807) is 0 Å². The van der Waals surface area contributed by atoms with Gasteiger partial charge in [-0.2, -0.15) is 0 Å². The highest BCUT2D eigenvalue weighted by Gasteiger charge is 2.37. The molecule has 0 N–H and O–H groups in total. The summed E-state index contributed by atoms with van der Waals surface area (Å²) in [4.78, 5) is 23.0. The molecule has 5 heteroatoms. The Morgan fingerprint density at radius 2 is 2.05 bits per heavy atom. The Labute approximate surface area is 131 Å². The molecular formula is C14H20Br2O3. The Balaban J connectivity index is 2.77. The summed E-state index contributed by atoms with van der Waals surface area (Å²) in [6.45, 7) is 4.24. The van der Waals surface area contributed by atoms with Crippen LogP contribution in [0.25, 0.3) is 0 Å². The van der Waals surface area contributed by atoms with Crippen molar-refractivity contribution in [3.8, 4) is 0 Å². The molecule has 1 heterocycles. The van der Waals surface area contributed by atoms with Crippen LogP contribution in [0, 0.1) is 5.92 Å². The van der Waals surface area contributed by atoms with Gasteiger partial charge in [0.15, 0.2) is 0 Å². The first-order valence-electron chi connectivity index (χ1n) is 6.78. The number of unbranched alkanes of at least 4 members (excludes halogenated alkanes) is 2. The third-order valence-corrected chi connectivity index (χ3v) is 5.38. The number of halogens is 2. The van der Waals surface area contributed by atoms with Gasteiger partial charge < -0.3 is 4.74 Å². The first-order chi connectivity index (χ1) is 9.01. The third kappa shape index (κ3) is 4.71. The fourth-order valence-electron chi connectivity index (χ4n) is 2.18. The van der Waals surface area contributed by atoms with E-state index in [4.69, 9.17) is 0 Å². The van der Waals surface area contributed by atoms with E-state index in [0.717, 1.165) is 29.3 Å². The van der Waals surface area contributed by atoms with Crippen LogP contribution in [0.15, 0.2) is 10.1 Å². The number of alkyl halides is 1. The molecule has 108 valence electrons. The number of cyclic esters (lactones) is 2. The normalized spacial score (nSPS) is 22.2. The molecule has 0 bridgehead atoms. The van der Waals surface area contributed by atoms with Gasteiger partial charge in [-0.15, -0.1) is 0 Å². The third-order valence-electron chi connectivity index (χ3n) is 3.30. The van der Waals surface area contributed by atoms with Crippen molar-refractivity contribution in [1.29, 1.82) is 0 Å². The first-order valence-corrected chi connectivity index (χ1v) is 8.49. The molecule has 0 saturated carbocycles. The fourth-order valence-corrected chi connectivity index (χ4v) is 4.29. The van der Waals surface area contributed by atoms with Gasteiger partial charge in [0.2, 0.25) is 0 Å². The lowest BCUT2D eigenvalue weighted by Gasteiger charge is -2.17. The average molecular weight is 396 g/mol. The smallest absolute Gasteiger partial charge is 0.322 e. The zero-order valence-corrected chi connectivity index (χ0v) is 14.6. The predicted octanol–water partition coefficient (Wildman–Crippen LogP) is 4.48. The molecule has 0 aromatic heterocycles. The molecule has 1 fully saturated rings. The number of rotatable bonds is 7. The molecular weight excluding hydrogens is 376 g/mol. The van der Waals surface area contributed by atoms with E-state index in [1.165, 1.54) is 12.8 Å². The summed E-state index contributed by atoms with van der Waals surface area (Å²) in [6.07, 6.45) is 5.60. The Morgan fingerprint density at radius 3 is 2.53 bits per heavy atom. The molecule has 3 nitrogen and oxygen atoms in total. The van der Waals surface area contributed by atoms with Crippen molar-refractivity contribution < 1.29 is 14.3 Å². The van der Waals surface area contributed by atoms with Crippen LogP contribution < -0.4 is 0 Å². The SMILES string of the molecule is CCCCCC(Br)C(CC)=C(Br)C1CC(=O)OC1=O. The quantitative estimate of drug-likeness (QED) is 0.276. The molecule has 1 aliphatic heterocycles. The number of ether oxygens (including phenoxy) is 1. The van der Waals surface area contributed by atoms with Crippen molar-refractivity contribution in [2.24, 2.45) is 5.92 Å². The lowest BCUT2D eigenvalue weighted by atomic mass is 9.98. The number of hydrogen-bond acceptors (Lipinski definition) is 3. The van der Waals surface area contributed by atoms with E-state index in [2.05, 4.69) is 50.4 Å². The average Bonchev–Trinajstić information content (AvgIpc) is 2.69. The van der Waals surface area contributed by atoms with Crippen LogP contribution >= 0.6 is 31.9 Å². The van der Waals surface area contributed by atoms with Gasteiger partial charge in [0.25, 0.3) is 0 Å². The second kappa shape index (κ2) is 8.20. The maximum atomic E-state index is 11.6. The van der Waals surface area contributed by atoms with Gasteiger partial charge >= 0.3 is 11.9 Å². The number of esters is 2. The second-order valence-electron chi connectivity index (χ2n) is 4.74. The molecule has 2 unspecified atom stereocenters. The lowest BCUT2D eigenvalue weighted by molar-refractivity contribution is -0.152. The Bertz CT molecular complexity index is 377. The van der Waals surface area contributed by atoms with Crippen LogP contribution in [0.3, 0.4) is 0 Å². The van der Waals surface area contributed by atoms with E-state index in [-0.39, 0.29) is 11.2 Å². The zero-order chi connectivity index (χ0) is 14.4. The monoisotopic (exact) mass is 394 g/mol. The summed E-state index contributed by atoms with van der Waals surface area (Å²) in [6, 6.07) is 0. The summed E-state index contributed by atoms with van der Waals surface area (Å²) >= 11 is 7.20. The van der Waals surface area contributed by atoms with Crippen LogP contribution in [0.2, 0.25) is 0 Å². The van der Waals surface area contributed by atoms with Crippen LogP contribution in [-0.4, -0.2) is 16.8 Å². The summed E-state index contributed by atoms with van der Waals surface area (Å²) in [5.41, 5.74) is 1.16. The van der Waals surface area contributed by atoms with E-state index < -0.39 is 17.9 Å². The fraction of sp³-hybridized carbons (Fsp3) is 0.714. The summed E-state index contributed by atoms with van der Waals surface area (Å²) in [7, 11) is 0. The van der Waals surface area contributed by atoms with Crippen molar-refractivity contribution in [2.45, 2.75) is 57.2 Å². The van der Waals surface area contributed by atoms with E-state index in [0.29, 0.717) is 0 Å². The molecule has 0 amide bonds. The summed E-state index contributed by atoms with van der Waals surface area (Å²) in [5, 5.41) is 0.